The summed E-state index contributed by atoms with van der Waals surface area (Å²) in [6.07, 6.45) is 0. The second kappa shape index (κ2) is 12.5. The number of fused-ring (bicyclic) bond motifs is 1. The van der Waals surface area contributed by atoms with Crippen LogP contribution >= 0.6 is 86.8 Å². The monoisotopic (exact) mass is 805 g/mol. The van der Waals surface area contributed by atoms with Crippen molar-refractivity contribution >= 4 is 126 Å². The highest BCUT2D eigenvalue weighted by Gasteiger charge is 2.28. The summed E-state index contributed by atoms with van der Waals surface area (Å²) in [6, 6.07) is 12.3. The number of para-hydroxylation sites is 2. The first kappa shape index (κ1) is 29.0. The van der Waals surface area contributed by atoms with Crippen molar-refractivity contribution in [2.24, 2.45) is 0 Å². The number of hydrogen-bond acceptors (Lipinski definition) is 7. The van der Waals surface area contributed by atoms with E-state index in [0.29, 0.717) is 40.4 Å². The minimum absolute atomic E-state index is 0.0406. The number of rotatable bonds is 8. The van der Waals surface area contributed by atoms with Gasteiger partial charge in [-0.1, -0.05) is 23.9 Å². The smallest absolute Gasteiger partial charge is 0.337 e. The number of halogens is 4. The van der Waals surface area contributed by atoms with Crippen LogP contribution in [0.2, 0.25) is 0 Å². The Bertz CT molecular complexity index is 1600. The van der Waals surface area contributed by atoms with E-state index in [1.807, 2.05) is 12.1 Å². The third-order valence-electron chi connectivity index (χ3n) is 5.04. The lowest BCUT2D eigenvalue weighted by Gasteiger charge is -2.14. The summed E-state index contributed by atoms with van der Waals surface area (Å²) in [6.45, 7) is 0. The number of carbonyl (C=O) groups excluding carboxylic acids is 2. The summed E-state index contributed by atoms with van der Waals surface area (Å²) < 4.78 is 8.24. The molecule has 14 heteroatoms. The van der Waals surface area contributed by atoms with Gasteiger partial charge in [0, 0.05) is 23.6 Å². The fourth-order valence-corrected chi connectivity index (χ4v) is 7.72. The van der Waals surface area contributed by atoms with E-state index in [9.17, 15) is 19.5 Å². The number of benzene rings is 3. The van der Waals surface area contributed by atoms with Crippen LogP contribution in [0.1, 0.15) is 20.7 Å². The van der Waals surface area contributed by atoms with Crippen molar-refractivity contribution in [3.8, 4) is 5.75 Å². The molecule has 2 amide bonds. The maximum absolute atomic E-state index is 13.2. The van der Waals surface area contributed by atoms with Crippen LogP contribution in [-0.2, 0) is 4.79 Å². The molecule has 4 aromatic rings. The normalized spacial score (nSPS) is 10.9. The Morgan fingerprint density at radius 3 is 2.34 bits per heavy atom. The summed E-state index contributed by atoms with van der Waals surface area (Å²) in [4.78, 5) is 42.1. The minimum Gasteiger partial charge on any atom is -0.495 e. The molecule has 0 radical (unpaired) electrons. The van der Waals surface area contributed by atoms with Gasteiger partial charge in [0.15, 0.2) is 4.34 Å². The van der Waals surface area contributed by atoms with E-state index in [-0.39, 0.29) is 27.3 Å². The van der Waals surface area contributed by atoms with E-state index >= 15 is 0 Å². The average Bonchev–Trinajstić information content (AvgIpc) is 3.30. The number of hydrogen-bond donors (Lipinski definition) is 3. The number of aromatic nitrogens is 1. The van der Waals surface area contributed by atoms with E-state index in [1.165, 1.54) is 30.2 Å². The largest absolute Gasteiger partial charge is 0.495 e. The van der Waals surface area contributed by atoms with Crippen molar-refractivity contribution in [2.75, 3.05) is 23.5 Å². The Morgan fingerprint density at radius 1 is 0.974 bits per heavy atom. The van der Waals surface area contributed by atoms with Crippen LogP contribution in [0.5, 0.6) is 5.75 Å². The Hall–Kier alpha value is -1.97. The van der Waals surface area contributed by atoms with E-state index in [4.69, 9.17) is 4.74 Å². The van der Waals surface area contributed by atoms with Gasteiger partial charge in [-0.15, -0.1) is 11.3 Å². The Balaban J connectivity index is 1.49. The van der Waals surface area contributed by atoms with Crippen molar-refractivity contribution in [3.05, 3.63) is 71.5 Å². The van der Waals surface area contributed by atoms with Gasteiger partial charge in [0.1, 0.15) is 5.75 Å². The second-order valence-corrected chi connectivity index (χ2v) is 12.9. The first-order valence-electron chi connectivity index (χ1n) is 10.5. The van der Waals surface area contributed by atoms with Crippen molar-refractivity contribution in [1.29, 1.82) is 0 Å². The quantitative estimate of drug-likeness (QED) is 0.0938. The van der Waals surface area contributed by atoms with Gasteiger partial charge in [0.25, 0.3) is 5.91 Å². The molecule has 3 N–H and O–H groups in total. The molecule has 0 aliphatic rings. The molecule has 0 fully saturated rings. The molecule has 0 atom stereocenters. The number of anilines is 2. The van der Waals surface area contributed by atoms with Gasteiger partial charge in [-0.2, -0.15) is 0 Å². The van der Waals surface area contributed by atoms with Crippen LogP contribution in [0.25, 0.3) is 10.2 Å². The molecule has 0 aliphatic carbocycles. The summed E-state index contributed by atoms with van der Waals surface area (Å²) in [5, 5.41) is 15.3. The third kappa shape index (κ3) is 6.26. The van der Waals surface area contributed by atoms with Gasteiger partial charge in [-0.3, -0.25) is 9.59 Å². The van der Waals surface area contributed by atoms with Gasteiger partial charge in [-0.05, 0) is 94.1 Å². The topological polar surface area (TPSA) is 118 Å². The second-order valence-electron chi connectivity index (χ2n) is 7.46. The Labute approximate surface area is 258 Å². The lowest BCUT2D eigenvalue weighted by molar-refractivity contribution is -0.113. The number of nitrogens with one attached hydrogen (secondary N) is 2. The number of methoxy groups -OCH3 is 1. The van der Waals surface area contributed by atoms with Crippen LogP contribution in [0.15, 0.2) is 64.7 Å². The molecule has 0 saturated carbocycles. The predicted octanol–water partition coefficient (Wildman–Crippen LogP) is 8.04. The Morgan fingerprint density at radius 2 is 1.66 bits per heavy atom. The molecule has 38 heavy (non-hydrogen) atoms. The van der Waals surface area contributed by atoms with E-state index in [1.54, 1.807) is 30.3 Å². The zero-order valence-electron chi connectivity index (χ0n) is 19.1. The molecule has 1 aromatic heterocycles. The average molecular weight is 809 g/mol. The number of ether oxygens (including phenoxy) is 1. The molecule has 0 saturated heterocycles. The highest BCUT2D eigenvalue weighted by molar-refractivity contribution is 9.15. The molecular formula is C24H15Br4N3O5S2. The summed E-state index contributed by atoms with van der Waals surface area (Å²) in [5.41, 5.74) is 1.54. The van der Waals surface area contributed by atoms with Crippen molar-refractivity contribution in [2.45, 2.75) is 4.34 Å². The van der Waals surface area contributed by atoms with Crippen molar-refractivity contribution in [3.63, 3.8) is 0 Å². The first-order valence-corrected chi connectivity index (χ1v) is 15.4. The fourth-order valence-electron chi connectivity index (χ4n) is 3.34. The lowest BCUT2D eigenvalue weighted by Crippen LogP contribution is -2.18. The van der Waals surface area contributed by atoms with Crippen molar-refractivity contribution in [1.82, 2.24) is 4.98 Å². The maximum Gasteiger partial charge on any atom is 0.337 e. The number of aromatic carboxylic acids is 1. The van der Waals surface area contributed by atoms with Crippen molar-refractivity contribution < 1.29 is 24.2 Å². The lowest BCUT2D eigenvalue weighted by atomic mass is 10.1. The van der Waals surface area contributed by atoms with E-state index in [0.717, 1.165) is 4.70 Å². The number of thiazole rings is 1. The molecule has 8 nitrogen and oxygen atoms in total. The van der Waals surface area contributed by atoms with Crippen LogP contribution in [0, 0.1) is 0 Å². The Kier molecular flexibility index (Phi) is 9.53. The van der Waals surface area contributed by atoms with Crippen LogP contribution < -0.4 is 15.4 Å². The van der Waals surface area contributed by atoms with E-state index < -0.39 is 11.9 Å². The van der Waals surface area contributed by atoms with Gasteiger partial charge in [0.2, 0.25) is 5.91 Å². The number of carboxylic acid groups (broad SMARTS) is 1. The number of amides is 2. The third-order valence-corrected chi connectivity index (χ3v) is 12.0. The fraction of sp³-hybridized carbons (Fsp3) is 0.0833. The molecule has 0 unspecified atom stereocenters. The van der Waals surface area contributed by atoms with Crippen LogP contribution in [0.3, 0.4) is 0 Å². The molecule has 0 aliphatic heterocycles. The van der Waals surface area contributed by atoms with E-state index in [2.05, 4.69) is 79.3 Å². The number of thioether (sulfide) groups is 1. The van der Waals surface area contributed by atoms with Gasteiger partial charge < -0.3 is 20.5 Å². The molecule has 0 spiro atoms. The van der Waals surface area contributed by atoms with Gasteiger partial charge in [-0.25, -0.2) is 9.78 Å². The van der Waals surface area contributed by atoms with Crippen LogP contribution in [0.4, 0.5) is 11.4 Å². The standard InChI is InChI=1S/C24H15Br4N3O5S2/c1-36-13-5-3-2-4-11(13)30-15(32)9-37-24-31-12-7-6-10(8-14(12)38-24)29-22(33)16-17(23(34)35)19(26)21(28)20(27)18(16)25/h2-8H,9H2,1H3,(H,29,33)(H,30,32)(H,34,35). The minimum atomic E-state index is -1.26. The zero-order chi connectivity index (χ0) is 27.6. The SMILES string of the molecule is COc1ccccc1NC(=O)CSc1nc2ccc(NC(=O)c3c(Br)c(Br)c(Br)c(Br)c3C(=O)O)cc2s1. The summed E-state index contributed by atoms with van der Waals surface area (Å²) in [7, 11) is 1.54. The molecular weight excluding hydrogens is 794 g/mol. The maximum atomic E-state index is 13.2. The summed E-state index contributed by atoms with van der Waals surface area (Å²) in [5.74, 6) is -1.33. The molecule has 196 valence electrons. The number of carboxylic acids is 1. The summed E-state index contributed by atoms with van der Waals surface area (Å²) >= 11 is 15.9. The molecule has 1 heterocycles. The first-order chi connectivity index (χ1) is 18.1. The molecule has 3 aromatic carbocycles. The highest BCUT2D eigenvalue weighted by Crippen LogP contribution is 2.42. The molecule has 4 rings (SSSR count). The zero-order valence-corrected chi connectivity index (χ0v) is 27.1. The number of carbonyl (C=O) groups is 3. The highest BCUT2D eigenvalue weighted by atomic mass is 79.9. The van der Waals surface area contributed by atoms with Gasteiger partial charge >= 0.3 is 5.97 Å². The van der Waals surface area contributed by atoms with Crippen LogP contribution in [-0.4, -0.2) is 40.7 Å². The van der Waals surface area contributed by atoms with Gasteiger partial charge in [0.05, 0.1) is 39.9 Å². The molecule has 0 bridgehead atoms. The predicted molar refractivity (Wildman–Crippen MR) is 164 cm³/mol. The number of nitrogens with zero attached hydrogens (tertiary/aromatic N) is 1.